The van der Waals surface area contributed by atoms with Gasteiger partial charge in [0, 0.05) is 23.7 Å². The number of carbonyl (C=O) groups excluding carboxylic acids is 3. The van der Waals surface area contributed by atoms with Crippen LogP contribution in [0.15, 0.2) is 42.5 Å². The second-order valence-corrected chi connectivity index (χ2v) is 8.82. The number of methoxy groups -OCH3 is 1. The van der Waals surface area contributed by atoms with E-state index in [0.717, 1.165) is 17.4 Å². The highest BCUT2D eigenvalue weighted by Crippen LogP contribution is 2.50. The van der Waals surface area contributed by atoms with Gasteiger partial charge < -0.3 is 4.74 Å². The Bertz CT molecular complexity index is 1200. The highest BCUT2D eigenvalue weighted by Gasteiger charge is 2.65. The van der Waals surface area contributed by atoms with Gasteiger partial charge in [0.15, 0.2) is 5.78 Å². The molecule has 0 N–H and O–H groups in total. The number of carbonyl (C=O) groups is 3. The number of halogens is 1. The number of benzene rings is 2. The number of nitro groups is 1. The predicted octanol–water partition coefficient (Wildman–Crippen LogP) is 3.09. The minimum absolute atomic E-state index is 0.0181. The maximum atomic E-state index is 13.7. The monoisotopic (exact) mass is 469 g/mol. The molecule has 33 heavy (non-hydrogen) atoms. The lowest BCUT2D eigenvalue weighted by Gasteiger charge is -2.28. The molecule has 0 spiro atoms. The molecule has 2 aromatic carbocycles. The molecular weight excluding hydrogens is 450 g/mol. The molecule has 0 aromatic heterocycles. The molecule has 4 unspecified atom stereocenters. The van der Waals surface area contributed by atoms with Crippen LogP contribution in [-0.4, -0.2) is 53.2 Å². The van der Waals surface area contributed by atoms with Crippen LogP contribution in [0.3, 0.4) is 0 Å². The Morgan fingerprint density at radius 1 is 1.15 bits per heavy atom. The van der Waals surface area contributed by atoms with E-state index < -0.39 is 34.6 Å². The summed E-state index contributed by atoms with van der Waals surface area (Å²) in [5.41, 5.74) is 0.0568. The zero-order valence-electron chi connectivity index (χ0n) is 17.6. The molecule has 0 aliphatic carbocycles. The van der Waals surface area contributed by atoms with Crippen molar-refractivity contribution in [1.29, 1.82) is 0 Å². The van der Waals surface area contributed by atoms with E-state index in [2.05, 4.69) is 0 Å². The molecule has 0 bridgehead atoms. The molecule has 3 saturated heterocycles. The first-order valence-corrected chi connectivity index (χ1v) is 11.0. The Morgan fingerprint density at radius 2 is 1.88 bits per heavy atom. The lowest BCUT2D eigenvalue weighted by molar-refractivity contribution is -0.384. The molecule has 9 nitrogen and oxygen atoms in total. The zero-order valence-corrected chi connectivity index (χ0v) is 18.4. The molecule has 3 aliphatic heterocycles. The first kappa shape index (κ1) is 21.5. The fourth-order valence-electron chi connectivity index (χ4n) is 5.54. The lowest BCUT2D eigenvalue weighted by Crippen LogP contribution is -2.46. The van der Waals surface area contributed by atoms with Crippen molar-refractivity contribution in [2.45, 2.75) is 24.9 Å². The summed E-state index contributed by atoms with van der Waals surface area (Å²) >= 11 is 6.28. The topological polar surface area (TPSA) is 110 Å². The highest BCUT2D eigenvalue weighted by atomic mass is 35.5. The van der Waals surface area contributed by atoms with E-state index in [-0.39, 0.29) is 34.0 Å². The van der Waals surface area contributed by atoms with Gasteiger partial charge >= 0.3 is 0 Å². The molecule has 3 fully saturated rings. The number of nitrogens with zero attached hydrogens (tertiary/aromatic N) is 3. The van der Waals surface area contributed by atoms with Crippen LogP contribution in [0.25, 0.3) is 0 Å². The van der Waals surface area contributed by atoms with Gasteiger partial charge in [0.2, 0.25) is 11.8 Å². The van der Waals surface area contributed by atoms with Gasteiger partial charge in [0.1, 0.15) is 11.4 Å². The summed E-state index contributed by atoms with van der Waals surface area (Å²) in [4.78, 5) is 54.5. The van der Waals surface area contributed by atoms with Crippen molar-refractivity contribution in [3.8, 4) is 5.75 Å². The maximum absolute atomic E-state index is 13.7. The Hall–Kier alpha value is -3.30. The average molecular weight is 470 g/mol. The van der Waals surface area contributed by atoms with E-state index in [0.29, 0.717) is 18.5 Å². The van der Waals surface area contributed by atoms with Crippen molar-refractivity contribution in [1.82, 2.24) is 4.90 Å². The predicted molar refractivity (Wildman–Crippen MR) is 118 cm³/mol. The van der Waals surface area contributed by atoms with Gasteiger partial charge in [-0.05, 0) is 37.6 Å². The normalized spacial score (nSPS) is 26.4. The fourth-order valence-corrected chi connectivity index (χ4v) is 5.77. The molecule has 10 heteroatoms. The summed E-state index contributed by atoms with van der Waals surface area (Å²) in [7, 11) is 1.36. The molecule has 2 aromatic rings. The number of ether oxygens (including phenoxy) is 1. The lowest BCUT2D eigenvalue weighted by atomic mass is 9.85. The van der Waals surface area contributed by atoms with Crippen molar-refractivity contribution in [3.05, 3.63) is 63.2 Å². The van der Waals surface area contributed by atoms with E-state index in [1.54, 1.807) is 24.3 Å². The summed E-state index contributed by atoms with van der Waals surface area (Å²) in [6.45, 7) is 0.610. The van der Waals surface area contributed by atoms with Crippen molar-refractivity contribution in [2.24, 2.45) is 11.8 Å². The molecule has 0 saturated carbocycles. The Labute approximate surface area is 194 Å². The van der Waals surface area contributed by atoms with Crippen molar-refractivity contribution >= 4 is 40.6 Å². The largest absolute Gasteiger partial charge is 0.495 e. The quantitative estimate of drug-likeness (QED) is 0.286. The molecule has 3 heterocycles. The van der Waals surface area contributed by atoms with Gasteiger partial charge in [-0.1, -0.05) is 23.7 Å². The molecule has 3 aliphatic rings. The van der Waals surface area contributed by atoms with E-state index in [4.69, 9.17) is 16.3 Å². The van der Waals surface area contributed by atoms with Gasteiger partial charge in [0.05, 0.1) is 34.9 Å². The van der Waals surface area contributed by atoms with Crippen LogP contribution < -0.4 is 9.64 Å². The number of fused-ring (bicyclic) bond motifs is 3. The van der Waals surface area contributed by atoms with Crippen molar-refractivity contribution < 1.29 is 24.0 Å². The maximum Gasteiger partial charge on any atom is 0.271 e. The van der Waals surface area contributed by atoms with Crippen LogP contribution in [0, 0.1) is 22.0 Å². The van der Waals surface area contributed by atoms with Crippen LogP contribution in [0.4, 0.5) is 11.4 Å². The van der Waals surface area contributed by atoms with Crippen LogP contribution in [0.5, 0.6) is 5.75 Å². The molecule has 5 rings (SSSR count). The fraction of sp³-hybridized carbons (Fsp3) is 0.348. The standard InChI is InChI=1S/C23H20ClN3O6/c1-33-17-9-8-12(27(31)32)11-16(17)26-22(29)18-15-7-4-10-25(15)20(19(18)23(26)30)21(28)13-5-2-3-6-14(13)24/h2-3,5-6,8-9,11,15,18-20H,4,7,10H2,1H3. The SMILES string of the molecule is COc1ccc([N+](=O)[O-])cc1N1C(=O)C2C(C1=O)C(C(=O)c1ccccc1Cl)N1CCCC21. The van der Waals surface area contributed by atoms with Gasteiger partial charge in [-0.15, -0.1) is 0 Å². The highest BCUT2D eigenvalue weighted by molar-refractivity contribution is 6.34. The van der Waals surface area contributed by atoms with Gasteiger partial charge in [-0.2, -0.15) is 0 Å². The third-order valence-corrected chi connectivity index (χ3v) is 7.20. The van der Waals surface area contributed by atoms with Crippen LogP contribution in [0.2, 0.25) is 5.02 Å². The zero-order chi connectivity index (χ0) is 23.4. The second-order valence-electron chi connectivity index (χ2n) is 8.41. The number of rotatable bonds is 5. The minimum atomic E-state index is -0.893. The summed E-state index contributed by atoms with van der Waals surface area (Å²) in [6, 6.07) is 9.34. The Morgan fingerprint density at radius 3 is 2.58 bits per heavy atom. The number of non-ortho nitro benzene ring substituents is 1. The Kier molecular flexibility index (Phi) is 5.18. The van der Waals surface area contributed by atoms with E-state index in [1.165, 1.54) is 19.2 Å². The Balaban J connectivity index is 1.59. The van der Waals surface area contributed by atoms with E-state index in [9.17, 15) is 24.5 Å². The second kappa shape index (κ2) is 7.93. The number of hydrogen-bond donors (Lipinski definition) is 0. The molecule has 2 amide bonds. The average Bonchev–Trinajstić information content (AvgIpc) is 3.45. The van der Waals surface area contributed by atoms with Crippen LogP contribution in [-0.2, 0) is 9.59 Å². The van der Waals surface area contributed by atoms with Gasteiger partial charge in [0.25, 0.3) is 5.69 Å². The van der Waals surface area contributed by atoms with Crippen LogP contribution in [0.1, 0.15) is 23.2 Å². The molecule has 4 atom stereocenters. The minimum Gasteiger partial charge on any atom is -0.495 e. The summed E-state index contributed by atoms with van der Waals surface area (Å²) in [5.74, 6) is -2.75. The number of anilines is 1. The van der Waals surface area contributed by atoms with Crippen molar-refractivity contribution in [3.63, 3.8) is 0 Å². The van der Waals surface area contributed by atoms with Crippen molar-refractivity contribution in [2.75, 3.05) is 18.6 Å². The van der Waals surface area contributed by atoms with E-state index >= 15 is 0 Å². The number of imide groups is 1. The third-order valence-electron chi connectivity index (χ3n) is 6.87. The molecular formula is C23H20ClN3O6. The third kappa shape index (κ3) is 3.14. The number of ketones is 1. The number of hydrogen-bond acceptors (Lipinski definition) is 7. The first-order valence-electron chi connectivity index (χ1n) is 10.6. The number of amides is 2. The summed E-state index contributed by atoms with van der Waals surface area (Å²) < 4.78 is 5.29. The van der Waals surface area contributed by atoms with Gasteiger partial charge in [-0.3, -0.25) is 29.4 Å². The van der Waals surface area contributed by atoms with Crippen LogP contribution >= 0.6 is 11.6 Å². The number of Topliss-reactive ketones (excluding diaryl/α,β-unsaturated/α-hetero) is 1. The van der Waals surface area contributed by atoms with E-state index in [1.807, 2.05) is 4.90 Å². The van der Waals surface area contributed by atoms with Gasteiger partial charge in [-0.25, -0.2) is 4.90 Å². The molecule has 0 radical (unpaired) electrons. The number of nitro benzene ring substituents is 1. The smallest absolute Gasteiger partial charge is 0.271 e. The summed E-state index contributed by atoms with van der Waals surface area (Å²) in [6.07, 6.45) is 1.49. The first-order chi connectivity index (χ1) is 15.8. The molecule has 170 valence electrons. The summed E-state index contributed by atoms with van der Waals surface area (Å²) in [5, 5.41) is 11.6.